The number of hydrogen-bond acceptors (Lipinski definition) is 3. The molecular weight excluding hydrogens is 623 g/mol. The monoisotopic (exact) mass is 657 g/mol. The summed E-state index contributed by atoms with van der Waals surface area (Å²) in [6.07, 6.45) is 14.8. The predicted molar refractivity (Wildman–Crippen MR) is 212 cm³/mol. The highest BCUT2D eigenvalue weighted by Crippen LogP contribution is 2.42. The largest absolute Gasteiger partial charge is 0.456 e. The Kier molecular flexibility index (Phi) is 7.09. The molecule has 0 saturated carbocycles. The highest BCUT2D eigenvalue weighted by Gasteiger charge is 2.27. The van der Waals surface area contributed by atoms with Gasteiger partial charge in [0.15, 0.2) is 0 Å². The average molecular weight is 658 g/mol. The van der Waals surface area contributed by atoms with Gasteiger partial charge < -0.3 is 14.2 Å². The molecule has 0 fully saturated rings. The molecule has 0 aliphatic heterocycles. The Balaban J connectivity index is 1.03. The molecule has 0 spiro atoms. The lowest BCUT2D eigenvalue weighted by atomic mass is 9.79. The van der Waals surface area contributed by atoms with Gasteiger partial charge in [0, 0.05) is 33.7 Å². The smallest absolute Gasteiger partial charge is 0.137 e. The summed E-state index contributed by atoms with van der Waals surface area (Å²) in [5.74, 6) is 0.339. The Morgan fingerprint density at radius 1 is 0.569 bits per heavy atom. The first kappa shape index (κ1) is 29.6. The van der Waals surface area contributed by atoms with Gasteiger partial charge in [0.2, 0.25) is 0 Å². The lowest BCUT2D eigenvalue weighted by Gasteiger charge is -2.30. The summed E-state index contributed by atoms with van der Waals surface area (Å²) >= 11 is 0. The molecule has 1 N–H and O–H groups in total. The second kappa shape index (κ2) is 12.2. The third-order valence-corrected chi connectivity index (χ3v) is 10.6. The molecule has 2 aromatic heterocycles. The Morgan fingerprint density at radius 3 is 2.20 bits per heavy atom. The first-order valence-electron chi connectivity index (χ1n) is 17.8. The minimum absolute atomic E-state index is 0.00578. The lowest BCUT2D eigenvalue weighted by Crippen LogP contribution is -2.27. The SMILES string of the molecule is C1=CCC(c2ccc3c(c2)oc2ccccc23)C(c2cccc(C3C=CC(c4ccccc4)=CC3Nc3cccc4oc5ccccc5c34)c2)=C1. The van der Waals surface area contributed by atoms with E-state index in [1.807, 2.05) is 24.3 Å². The van der Waals surface area contributed by atoms with Crippen molar-refractivity contribution in [3.63, 3.8) is 0 Å². The van der Waals surface area contributed by atoms with Gasteiger partial charge >= 0.3 is 0 Å². The minimum Gasteiger partial charge on any atom is -0.456 e. The van der Waals surface area contributed by atoms with Crippen LogP contribution in [0.2, 0.25) is 0 Å². The van der Waals surface area contributed by atoms with Crippen molar-refractivity contribution in [3.8, 4) is 0 Å². The second-order valence-corrected chi connectivity index (χ2v) is 13.6. The molecule has 0 bridgehead atoms. The van der Waals surface area contributed by atoms with Crippen LogP contribution in [-0.4, -0.2) is 6.04 Å². The number of rotatable bonds is 6. The molecule has 8 aromatic rings. The summed E-state index contributed by atoms with van der Waals surface area (Å²) < 4.78 is 12.6. The summed E-state index contributed by atoms with van der Waals surface area (Å²) in [6.45, 7) is 0. The van der Waals surface area contributed by atoms with E-state index in [-0.39, 0.29) is 17.9 Å². The van der Waals surface area contributed by atoms with Crippen LogP contribution in [0.15, 0.2) is 185 Å². The first-order chi connectivity index (χ1) is 25.3. The summed E-state index contributed by atoms with van der Waals surface area (Å²) in [4.78, 5) is 0. The molecule has 2 heterocycles. The van der Waals surface area contributed by atoms with Crippen LogP contribution in [0.25, 0.3) is 55.0 Å². The van der Waals surface area contributed by atoms with Crippen molar-refractivity contribution in [2.75, 3.05) is 5.32 Å². The van der Waals surface area contributed by atoms with Crippen molar-refractivity contribution >= 4 is 60.7 Å². The van der Waals surface area contributed by atoms with Gasteiger partial charge in [-0.2, -0.15) is 0 Å². The van der Waals surface area contributed by atoms with Gasteiger partial charge in [0.1, 0.15) is 22.3 Å². The maximum absolute atomic E-state index is 6.31. The highest BCUT2D eigenvalue weighted by molar-refractivity contribution is 6.11. The maximum atomic E-state index is 6.31. The van der Waals surface area contributed by atoms with Crippen LogP contribution < -0.4 is 5.32 Å². The van der Waals surface area contributed by atoms with Gasteiger partial charge in [-0.3, -0.25) is 0 Å². The van der Waals surface area contributed by atoms with Gasteiger partial charge in [-0.25, -0.2) is 0 Å². The van der Waals surface area contributed by atoms with E-state index >= 15 is 0 Å². The molecule has 51 heavy (non-hydrogen) atoms. The Morgan fingerprint density at radius 2 is 1.29 bits per heavy atom. The number of nitrogens with one attached hydrogen (secondary N) is 1. The van der Waals surface area contributed by atoms with Crippen LogP contribution >= 0.6 is 0 Å². The van der Waals surface area contributed by atoms with Crippen LogP contribution in [0.5, 0.6) is 0 Å². The summed E-state index contributed by atoms with van der Waals surface area (Å²) in [5.41, 5.74) is 12.3. The molecule has 0 radical (unpaired) electrons. The molecule has 3 nitrogen and oxygen atoms in total. The van der Waals surface area contributed by atoms with Crippen molar-refractivity contribution in [1.29, 1.82) is 0 Å². The Labute approximate surface area is 296 Å². The van der Waals surface area contributed by atoms with Crippen LogP contribution in [0.4, 0.5) is 5.69 Å². The normalized spacial score (nSPS) is 18.8. The van der Waals surface area contributed by atoms with Gasteiger partial charge in [-0.05, 0) is 70.2 Å². The first-order valence-corrected chi connectivity index (χ1v) is 17.8. The van der Waals surface area contributed by atoms with E-state index in [2.05, 4.69) is 157 Å². The molecule has 244 valence electrons. The fourth-order valence-electron chi connectivity index (χ4n) is 8.15. The number of para-hydroxylation sites is 2. The number of allylic oxidation sites excluding steroid dienone is 6. The minimum atomic E-state index is 0.00578. The fraction of sp³-hybridized carbons (Fsp3) is 0.0833. The van der Waals surface area contributed by atoms with E-state index < -0.39 is 0 Å². The van der Waals surface area contributed by atoms with E-state index in [4.69, 9.17) is 8.83 Å². The maximum Gasteiger partial charge on any atom is 0.137 e. The van der Waals surface area contributed by atoms with E-state index in [1.165, 1.54) is 33.4 Å². The van der Waals surface area contributed by atoms with E-state index in [0.717, 1.165) is 56.0 Å². The number of benzene rings is 6. The lowest BCUT2D eigenvalue weighted by molar-refractivity contribution is 0.667. The van der Waals surface area contributed by atoms with Crippen LogP contribution in [0.1, 0.15) is 40.5 Å². The quantitative estimate of drug-likeness (QED) is 0.193. The molecule has 2 aliphatic rings. The van der Waals surface area contributed by atoms with Crippen molar-refractivity contribution in [2.45, 2.75) is 24.3 Å². The summed E-state index contributed by atoms with van der Waals surface area (Å²) in [6, 6.07) is 49.5. The van der Waals surface area contributed by atoms with E-state index in [0.29, 0.717) is 0 Å². The van der Waals surface area contributed by atoms with Crippen molar-refractivity contribution < 1.29 is 8.83 Å². The molecule has 3 heteroatoms. The van der Waals surface area contributed by atoms with Gasteiger partial charge in [0.05, 0.1) is 11.4 Å². The molecule has 3 unspecified atom stereocenters. The van der Waals surface area contributed by atoms with Crippen molar-refractivity contribution in [1.82, 2.24) is 0 Å². The van der Waals surface area contributed by atoms with Gasteiger partial charge in [-0.1, -0.05) is 146 Å². The van der Waals surface area contributed by atoms with E-state index in [9.17, 15) is 0 Å². The third-order valence-electron chi connectivity index (χ3n) is 10.6. The zero-order valence-electron chi connectivity index (χ0n) is 28.0. The highest BCUT2D eigenvalue weighted by atomic mass is 16.3. The molecule has 0 amide bonds. The zero-order valence-corrected chi connectivity index (χ0v) is 28.0. The predicted octanol–water partition coefficient (Wildman–Crippen LogP) is 12.8. The number of hydrogen-bond donors (Lipinski definition) is 1. The van der Waals surface area contributed by atoms with Gasteiger partial charge in [-0.15, -0.1) is 0 Å². The fourth-order valence-corrected chi connectivity index (χ4v) is 8.15. The summed E-state index contributed by atoms with van der Waals surface area (Å²) in [5, 5.41) is 8.56. The standard InChI is InChI=1S/C48H35NO2/c1-2-12-31(13-3-1)32-24-26-38(43(29-32)49-42-20-11-23-46-48(42)41-19-7-9-22-45(41)50-46)34-15-10-14-33(28-34)36-16-4-5-17-37(36)35-25-27-40-39-18-6-8-21-44(39)51-47(40)30-35/h1-16,18-30,37-38,43,49H,17H2. The number of fused-ring (bicyclic) bond motifs is 6. The Hall–Kier alpha value is -6.32. The topological polar surface area (TPSA) is 38.3 Å². The van der Waals surface area contributed by atoms with Crippen molar-refractivity contribution in [3.05, 3.63) is 198 Å². The molecule has 3 atom stereocenters. The number of anilines is 1. The van der Waals surface area contributed by atoms with Crippen LogP contribution in [0.3, 0.4) is 0 Å². The third kappa shape index (κ3) is 5.21. The van der Waals surface area contributed by atoms with E-state index in [1.54, 1.807) is 0 Å². The Bertz CT molecular complexity index is 2720. The van der Waals surface area contributed by atoms with Gasteiger partial charge in [0.25, 0.3) is 0 Å². The number of furan rings is 2. The molecular formula is C48H35NO2. The summed E-state index contributed by atoms with van der Waals surface area (Å²) in [7, 11) is 0. The zero-order chi connectivity index (χ0) is 33.7. The van der Waals surface area contributed by atoms with Crippen LogP contribution in [-0.2, 0) is 0 Å². The molecule has 10 rings (SSSR count). The van der Waals surface area contributed by atoms with Crippen molar-refractivity contribution in [2.24, 2.45) is 0 Å². The molecule has 2 aliphatic carbocycles. The molecule has 6 aromatic carbocycles. The van der Waals surface area contributed by atoms with Crippen LogP contribution in [0, 0.1) is 0 Å². The average Bonchev–Trinajstić information content (AvgIpc) is 3.77. The second-order valence-electron chi connectivity index (χ2n) is 13.6. The molecule has 0 saturated heterocycles.